The summed E-state index contributed by atoms with van der Waals surface area (Å²) in [6, 6.07) is -1.23. The highest BCUT2D eigenvalue weighted by molar-refractivity contribution is 6.39. The number of Topliss-reactive ketones (excluding diaryl/α,β-unsaturated/α-hetero) is 4. The number of methoxy groups -OCH3 is 4. The average Bonchev–Trinajstić information content (AvgIpc) is 1.68. The van der Waals surface area contributed by atoms with Gasteiger partial charge >= 0.3 is 29.8 Å². The highest BCUT2D eigenvalue weighted by Crippen LogP contribution is 2.64. The predicted octanol–water partition coefficient (Wildman–Crippen LogP) is 11.6. The SMILES string of the molecule is C=CCN(/C=C1\C(=O)O[C@H](COC)[C@@]2(C)C1=C(O)C(=O)C1=C2[C@H](OC(C)=O)C[C@]2(C)[C@@H](OC(=O)CCCCCCC(=O)O[C@@H]3CC[C@@H](C[C@@H](C)[C@@H]4CC(=O)[C@H](C)/C=C(\C)[C@@H](O)[C@@H](OC)C(=O)[C@H](C)C[C@H](C)/C=C/C=C/C=C(\C)[C@@H](OC)C[C@@H]5CC[C@@H](C)[C@@](O)(O5)C(=O)C(=O)N5CCCC[C@H]5C(=O)O4)C[C@H]3OC)CC[C@@H]12)CC=C. The van der Waals surface area contributed by atoms with Crippen molar-refractivity contribution in [2.24, 2.45) is 52.3 Å². The molecule has 0 unspecified atom stereocenters. The summed E-state index contributed by atoms with van der Waals surface area (Å²) in [6.45, 7) is 25.6. The summed E-state index contributed by atoms with van der Waals surface area (Å²) in [5, 5.41) is 36.0. The largest absolute Gasteiger partial charge is 0.504 e. The highest BCUT2D eigenvalue weighted by atomic mass is 16.6. The first kappa shape index (κ1) is 91.0. The number of fused-ring (bicyclic) bond motifs is 7. The third-order valence-electron chi connectivity index (χ3n) is 25.2. The van der Waals surface area contributed by atoms with Gasteiger partial charge < -0.3 is 72.5 Å². The van der Waals surface area contributed by atoms with E-state index in [2.05, 4.69) is 13.2 Å². The second-order valence-corrected chi connectivity index (χ2v) is 33.4. The van der Waals surface area contributed by atoms with Gasteiger partial charge in [-0.25, -0.2) is 9.59 Å². The van der Waals surface area contributed by atoms with Crippen molar-refractivity contribution in [3.05, 3.63) is 107 Å². The minimum absolute atomic E-state index is 0.0236. The van der Waals surface area contributed by atoms with Crippen LogP contribution in [0.1, 0.15) is 204 Å². The van der Waals surface area contributed by atoms with Crippen LogP contribution in [0.25, 0.3) is 0 Å². The van der Waals surface area contributed by atoms with Crippen molar-refractivity contribution in [2.75, 3.05) is 54.7 Å². The molecule has 3 saturated heterocycles. The molecule has 4 aliphatic heterocycles. The lowest BCUT2D eigenvalue weighted by atomic mass is 9.53. The summed E-state index contributed by atoms with van der Waals surface area (Å²) < 4.78 is 60.3. The van der Waals surface area contributed by atoms with Crippen LogP contribution >= 0.6 is 0 Å². The van der Waals surface area contributed by atoms with E-state index in [0.717, 1.165) is 10.5 Å². The number of unbranched alkanes of at least 4 members (excludes halogenated alkanes) is 3. The van der Waals surface area contributed by atoms with E-state index in [1.165, 1.54) is 27.3 Å². The monoisotopic (exact) mass is 1580 g/mol. The van der Waals surface area contributed by atoms with Crippen molar-refractivity contribution in [3.8, 4) is 0 Å². The number of nitrogens with zero attached hydrogens (tertiary/aromatic N) is 2. The van der Waals surface area contributed by atoms with Crippen LogP contribution in [0.4, 0.5) is 0 Å². The van der Waals surface area contributed by atoms with Gasteiger partial charge in [0.25, 0.3) is 11.7 Å². The summed E-state index contributed by atoms with van der Waals surface area (Å²) in [5.74, 6) is -13.0. The molecule has 626 valence electrons. The molecule has 0 aromatic rings. The summed E-state index contributed by atoms with van der Waals surface area (Å²) in [7, 11) is 5.92. The maximum atomic E-state index is 14.9. The number of piperidine rings is 1. The predicted molar refractivity (Wildman–Crippen MR) is 419 cm³/mol. The van der Waals surface area contributed by atoms with Gasteiger partial charge in [-0.3, -0.25) is 38.4 Å². The number of hydrogen-bond donors (Lipinski definition) is 3. The molecule has 0 aromatic heterocycles. The van der Waals surface area contributed by atoms with Gasteiger partial charge in [0, 0.05) is 121 Å². The van der Waals surface area contributed by atoms with Crippen LogP contribution in [-0.2, 0) is 95.3 Å². The van der Waals surface area contributed by atoms with Crippen molar-refractivity contribution in [3.63, 3.8) is 0 Å². The molecule has 21 atom stereocenters. The van der Waals surface area contributed by atoms with Gasteiger partial charge in [-0.15, -0.1) is 13.2 Å². The summed E-state index contributed by atoms with van der Waals surface area (Å²) in [4.78, 5) is 145. The number of esters is 5. The van der Waals surface area contributed by atoms with Crippen molar-refractivity contribution in [1.82, 2.24) is 9.80 Å². The molecule has 4 aliphatic carbocycles. The molecule has 113 heavy (non-hydrogen) atoms. The van der Waals surface area contributed by atoms with Crippen LogP contribution in [0, 0.1) is 52.3 Å². The van der Waals surface area contributed by atoms with Gasteiger partial charge in [-0.2, -0.15) is 0 Å². The number of ketones is 4. The van der Waals surface area contributed by atoms with Gasteiger partial charge in [0.1, 0.15) is 54.6 Å². The topological polar surface area (TPSA) is 330 Å². The summed E-state index contributed by atoms with van der Waals surface area (Å²) in [5.41, 5.74) is -0.488. The third-order valence-corrected chi connectivity index (χ3v) is 25.2. The Bertz CT molecular complexity index is 3700. The van der Waals surface area contributed by atoms with E-state index in [1.807, 2.05) is 58.1 Å². The number of amides is 1. The molecule has 3 N–H and O–H groups in total. The molecule has 5 fully saturated rings. The number of rotatable bonds is 23. The number of cyclic esters (lactones) is 2. The van der Waals surface area contributed by atoms with Crippen molar-refractivity contribution in [1.29, 1.82) is 0 Å². The quantitative estimate of drug-likeness (QED) is 0.0214. The van der Waals surface area contributed by atoms with E-state index < -0.39 is 166 Å². The van der Waals surface area contributed by atoms with E-state index in [9.17, 15) is 63.3 Å². The fourth-order valence-electron chi connectivity index (χ4n) is 18.7. The Morgan fingerprint density at radius 3 is 2.11 bits per heavy atom. The number of carbonyl (C=O) groups is 10. The molecule has 0 spiro atoms. The zero-order valence-electron chi connectivity index (χ0n) is 69.1. The van der Waals surface area contributed by atoms with Crippen molar-refractivity contribution >= 4 is 58.9 Å². The molecular weight excluding hydrogens is 1450 g/mol. The Balaban J connectivity index is 0.892. The van der Waals surface area contributed by atoms with Crippen LogP contribution in [-0.4, -0.2) is 212 Å². The molecule has 0 radical (unpaired) electrons. The van der Waals surface area contributed by atoms with Gasteiger partial charge in [0.05, 0.1) is 35.9 Å². The number of aliphatic hydroxyl groups excluding tert-OH is 2. The first-order valence-electron chi connectivity index (χ1n) is 40.8. The molecule has 2 bridgehead atoms. The second kappa shape index (κ2) is 40.9. The number of allylic oxidation sites excluding steroid dienone is 7. The smallest absolute Gasteiger partial charge is 0.340 e. The molecule has 8 rings (SSSR count). The van der Waals surface area contributed by atoms with Crippen LogP contribution < -0.4 is 0 Å². The lowest BCUT2D eigenvalue weighted by molar-refractivity contribution is -0.265. The normalized spacial score (nSPS) is 36.2. The molecule has 25 heteroatoms. The average molecular weight is 1580 g/mol. The van der Waals surface area contributed by atoms with Crippen molar-refractivity contribution in [2.45, 2.75) is 277 Å². The van der Waals surface area contributed by atoms with E-state index in [0.29, 0.717) is 121 Å². The van der Waals surface area contributed by atoms with Gasteiger partial charge in [-0.05, 0) is 157 Å². The first-order chi connectivity index (χ1) is 53.6. The molecule has 2 saturated carbocycles. The fourth-order valence-corrected chi connectivity index (χ4v) is 18.7. The van der Waals surface area contributed by atoms with Crippen LogP contribution in [0.15, 0.2) is 107 Å². The molecule has 1 amide bonds. The molecule has 8 aliphatic rings. The molecular formula is C88H126N2O23. The van der Waals surface area contributed by atoms with Gasteiger partial charge in [0.2, 0.25) is 11.6 Å². The zero-order chi connectivity index (χ0) is 83.0. The number of carbonyl (C=O) groups excluding carboxylic acids is 10. The third kappa shape index (κ3) is 21.4. The Labute approximate surface area is 667 Å². The highest BCUT2D eigenvalue weighted by Gasteiger charge is 2.66. The standard InChI is InChI=1S/C88H126N2O23/c1-17-39-89(40-18-2)49-61-75-80(98)79(97)74-62-36-38-70(86(62,11)48-69(108-58(10)91)76(74)87(75,12)71(50-104-13)112-84(61)101)111-73(94)32-25-20-19-24-31-72(93)109-65-37-34-59(45-68(65)106-15)44-54(6)67-47-64(92)53(5)43-56(8)78(96)81(107-16)77(95)55(7)42-51(3)28-22-21-23-29-52(4)66(105-14)46-60-35-33-57(9)88(103,113-60)82(99)83(100)90-41-27-26-30-63(90)85(102)110-67/h17-18,21-23,28-29,43,49,51,53-55,57,59-60,62-63,65-71,78,81,96,98,103H,1-2,19-20,24-27,30-42,44-48,50H2,3-16H3/b23-21+,28-22+,52-29+,56-43+,61-49-/t51-,53-,54-,55-,57-,59+,60+,62+,63+,65-,66+,67+,68-,69-,70+,71-,78-,81+,86+,87+,88-/m1/s1. The zero-order valence-corrected chi connectivity index (χ0v) is 69.1. The number of hydrogen-bond acceptors (Lipinski definition) is 24. The molecule has 25 nitrogen and oxygen atoms in total. The summed E-state index contributed by atoms with van der Waals surface area (Å²) in [6.07, 6.45) is 15.0. The minimum Gasteiger partial charge on any atom is -0.504 e. The van der Waals surface area contributed by atoms with E-state index in [-0.39, 0.29) is 91.8 Å². The van der Waals surface area contributed by atoms with Crippen molar-refractivity contribution < 1.29 is 111 Å². The Morgan fingerprint density at radius 1 is 0.770 bits per heavy atom. The van der Waals surface area contributed by atoms with E-state index in [1.54, 1.807) is 72.0 Å². The first-order valence-corrected chi connectivity index (χ1v) is 40.8. The Morgan fingerprint density at radius 2 is 1.46 bits per heavy atom. The van der Waals surface area contributed by atoms with Crippen LogP contribution in [0.5, 0.6) is 0 Å². The Kier molecular flexibility index (Phi) is 32.9. The lowest BCUT2D eigenvalue weighted by Crippen LogP contribution is -2.61. The minimum atomic E-state index is -2.50. The lowest BCUT2D eigenvalue weighted by Gasteiger charge is -2.54. The summed E-state index contributed by atoms with van der Waals surface area (Å²) >= 11 is 0. The fraction of sp³-hybridized carbons (Fsp3) is 0.682. The Hall–Kier alpha value is -7.52. The second-order valence-electron chi connectivity index (χ2n) is 33.4. The van der Waals surface area contributed by atoms with Crippen LogP contribution in [0.3, 0.4) is 0 Å². The molecule has 4 heterocycles. The maximum Gasteiger partial charge on any atom is 0.340 e. The van der Waals surface area contributed by atoms with Gasteiger partial charge in [0.15, 0.2) is 11.5 Å². The number of ether oxygens (including phenoxy) is 10. The maximum absolute atomic E-state index is 14.9. The molecule has 0 aromatic carbocycles. The van der Waals surface area contributed by atoms with Gasteiger partial charge in [-0.1, -0.05) is 103 Å². The number of aliphatic hydroxyl groups is 3. The van der Waals surface area contributed by atoms with E-state index in [4.69, 9.17) is 47.4 Å². The van der Waals surface area contributed by atoms with Crippen LogP contribution in [0.2, 0.25) is 0 Å². The van der Waals surface area contributed by atoms with E-state index >= 15 is 0 Å².